The van der Waals surface area contributed by atoms with Gasteiger partial charge >= 0.3 is 0 Å². The Hall–Kier alpha value is -4.11. The van der Waals surface area contributed by atoms with Crippen molar-refractivity contribution in [1.29, 1.82) is 0 Å². The topological polar surface area (TPSA) is 12.1 Å². The van der Waals surface area contributed by atoms with Crippen LogP contribution in [-0.2, 0) is 14.1 Å². The lowest BCUT2D eigenvalue weighted by atomic mass is 10.1. The predicted octanol–water partition coefficient (Wildman–Crippen LogP) is 6.64. The minimum atomic E-state index is 1.13. The van der Waals surface area contributed by atoms with Gasteiger partial charge in [0.25, 0.3) is 5.82 Å². The lowest BCUT2D eigenvalue weighted by Crippen LogP contribution is -2.30. The molecule has 0 N–H and O–H groups in total. The molecule has 156 valence electrons. The Morgan fingerprint density at radius 3 is 1.75 bits per heavy atom. The van der Waals surface area contributed by atoms with Crippen LogP contribution in [0.3, 0.4) is 0 Å². The number of para-hydroxylation sites is 4. The summed E-state index contributed by atoms with van der Waals surface area (Å²) in [5.74, 6) is 1.16. The molecule has 0 amide bonds. The van der Waals surface area contributed by atoms with Gasteiger partial charge in [-0.3, -0.25) is 0 Å². The monoisotopic (exact) mass is 416 g/mol. The van der Waals surface area contributed by atoms with Gasteiger partial charge in [0.05, 0.1) is 14.1 Å². The summed E-state index contributed by atoms with van der Waals surface area (Å²) in [5.41, 5.74) is 7.04. The molecule has 0 unspecified atom stereocenters. The van der Waals surface area contributed by atoms with Crippen molar-refractivity contribution >= 4 is 40.2 Å². The van der Waals surface area contributed by atoms with Crippen molar-refractivity contribution in [2.75, 3.05) is 4.90 Å². The number of hydrogen-bond acceptors (Lipinski definition) is 1. The molecule has 32 heavy (non-hydrogen) atoms. The number of imidazole rings is 1. The zero-order chi connectivity index (χ0) is 21.9. The second kappa shape index (κ2) is 8.56. The van der Waals surface area contributed by atoms with Crippen molar-refractivity contribution in [3.05, 3.63) is 121 Å². The van der Waals surface area contributed by atoms with Gasteiger partial charge in [0.15, 0.2) is 11.0 Å². The molecule has 0 radical (unpaired) electrons. The summed E-state index contributed by atoms with van der Waals surface area (Å²) in [7, 11) is 4.23. The first-order valence-corrected chi connectivity index (χ1v) is 10.8. The lowest BCUT2D eigenvalue weighted by Gasteiger charge is -2.25. The zero-order valence-corrected chi connectivity index (χ0v) is 18.4. The Morgan fingerprint density at radius 1 is 0.625 bits per heavy atom. The second-order valence-corrected chi connectivity index (χ2v) is 7.90. The van der Waals surface area contributed by atoms with E-state index in [2.05, 4.69) is 137 Å². The number of aromatic nitrogens is 2. The molecule has 0 saturated carbocycles. The van der Waals surface area contributed by atoms with E-state index in [0.29, 0.717) is 0 Å². The molecule has 0 fully saturated rings. The van der Waals surface area contributed by atoms with E-state index in [1.54, 1.807) is 0 Å². The molecule has 5 aromatic rings. The van der Waals surface area contributed by atoms with Gasteiger partial charge in [-0.2, -0.15) is 0 Å². The normalized spacial score (nSPS) is 11.3. The number of nitrogens with zero attached hydrogens (tertiary/aromatic N) is 3. The van der Waals surface area contributed by atoms with Crippen LogP contribution in [0.1, 0.15) is 11.4 Å². The summed E-state index contributed by atoms with van der Waals surface area (Å²) in [6, 6.07) is 38.1. The van der Waals surface area contributed by atoms with E-state index in [4.69, 9.17) is 0 Å². The van der Waals surface area contributed by atoms with Gasteiger partial charge in [-0.05, 0) is 60.2 Å². The molecular weight excluding hydrogens is 390 g/mol. The van der Waals surface area contributed by atoms with Crippen molar-refractivity contribution in [2.45, 2.75) is 0 Å². The average molecular weight is 417 g/mol. The fourth-order valence-electron chi connectivity index (χ4n) is 4.23. The van der Waals surface area contributed by atoms with Crippen LogP contribution in [0.5, 0.6) is 0 Å². The Morgan fingerprint density at radius 2 is 1.16 bits per heavy atom. The summed E-state index contributed by atoms with van der Waals surface area (Å²) in [6.45, 7) is 0. The molecule has 1 heterocycles. The quantitative estimate of drug-likeness (QED) is 0.292. The van der Waals surface area contributed by atoms with Crippen LogP contribution < -0.4 is 9.47 Å². The third kappa shape index (κ3) is 3.69. The largest absolute Gasteiger partial charge is 0.311 e. The highest BCUT2D eigenvalue weighted by Crippen LogP contribution is 2.34. The number of fused-ring (bicyclic) bond motifs is 1. The Balaban J connectivity index is 1.47. The summed E-state index contributed by atoms with van der Waals surface area (Å²) >= 11 is 0. The van der Waals surface area contributed by atoms with E-state index in [1.165, 1.54) is 16.6 Å². The van der Waals surface area contributed by atoms with Crippen LogP contribution in [0, 0.1) is 0 Å². The van der Waals surface area contributed by atoms with Crippen LogP contribution in [0.15, 0.2) is 109 Å². The summed E-state index contributed by atoms with van der Waals surface area (Å²) in [5, 5.41) is 0. The Bertz CT molecular complexity index is 1290. The lowest BCUT2D eigenvalue weighted by molar-refractivity contribution is -0.647. The number of rotatable bonds is 5. The standard InChI is InChI=1S/C29H26N3/c1-30-27-15-9-10-16-28(27)31(2)29(30)22-19-23-17-20-26(21-18-23)32(24-11-5-3-6-12-24)25-13-7-4-8-14-25/h3-22H,1-2H3/q+1. The molecule has 3 nitrogen and oxygen atoms in total. The maximum atomic E-state index is 2.28. The van der Waals surface area contributed by atoms with Gasteiger partial charge in [-0.1, -0.05) is 60.7 Å². The van der Waals surface area contributed by atoms with Gasteiger partial charge in [0.1, 0.15) is 0 Å². The smallest absolute Gasteiger partial charge is 0.281 e. The number of aryl methyl sites for hydroxylation is 2. The van der Waals surface area contributed by atoms with Gasteiger partial charge < -0.3 is 4.90 Å². The van der Waals surface area contributed by atoms with E-state index < -0.39 is 0 Å². The molecule has 1 aromatic heterocycles. The van der Waals surface area contributed by atoms with Crippen molar-refractivity contribution in [1.82, 2.24) is 4.57 Å². The van der Waals surface area contributed by atoms with Gasteiger partial charge in [-0.25, -0.2) is 9.13 Å². The van der Waals surface area contributed by atoms with Crippen molar-refractivity contribution in [3.63, 3.8) is 0 Å². The maximum Gasteiger partial charge on any atom is 0.281 e. The fraction of sp³-hybridized carbons (Fsp3) is 0.0690. The van der Waals surface area contributed by atoms with E-state index in [1.807, 2.05) is 12.1 Å². The minimum absolute atomic E-state index is 1.13. The molecule has 0 saturated heterocycles. The SMILES string of the molecule is Cn1c(/C=C/c2ccc(N(c3ccccc3)c3ccccc3)cc2)[n+](C)c2ccccc21. The predicted molar refractivity (Wildman–Crippen MR) is 134 cm³/mol. The molecule has 0 atom stereocenters. The van der Waals surface area contributed by atoms with Crippen LogP contribution in [0.25, 0.3) is 23.2 Å². The van der Waals surface area contributed by atoms with Crippen LogP contribution in [-0.4, -0.2) is 4.57 Å². The molecule has 3 heteroatoms. The molecular formula is C29H26N3+. The van der Waals surface area contributed by atoms with Gasteiger partial charge in [0.2, 0.25) is 0 Å². The van der Waals surface area contributed by atoms with E-state index in [9.17, 15) is 0 Å². The first-order valence-electron chi connectivity index (χ1n) is 10.8. The Kier molecular flexibility index (Phi) is 5.30. The molecule has 0 aliphatic heterocycles. The van der Waals surface area contributed by atoms with Crippen molar-refractivity contribution < 1.29 is 4.57 Å². The van der Waals surface area contributed by atoms with E-state index in [0.717, 1.165) is 22.9 Å². The number of anilines is 3. The highest BCUT2D eigenvalue weighted by molar-refractivity contribution is 5.78. The van der Waals surface area contributed by atoms with Crippen molar-refractivity contribution in [2.24, 2.45) is 14.1 Å². The second-order valence-electron chi connectivity index (χ2n) is 7.90. The highest BCUT2D eigenvalue weighted by atomic mass is 15.1. The molecule has 0 aliphatic carbocycles. The summed E-state index contributed by atoms with van der Waals surface area (Å²) < 4.78 is 4.46. The van der Waals surface area contributed by atoms with Gasteiger partial charge in [0, 0.05) is 23.1 Å². The minimum Gasteiger partial charge on any atom is -0.311 e. The number of benzene rings is 4. The first kappa shape index (κ1) is 19.8. The Labute approximate surface area is 189 Å². The summed E-state index contributed by atoms with van der Waals surface area (Å²) in [4.78, 5) is 2.28. The third-order valence-electron chi connectivity index (χ3n) is 5.90. The maximum absolute atomic E-state index is 2.28. The van der Waals surface area contributed by atoms with E-state index in [-0.39, 0.29) is 0 Å². The number of hydrogen-bond donors (Lipinski definition) is 0. The van der Waals surface area contributed by atoms with E-state index >= 15 is 0 Å². The molecule has 5 rings (SSSR count). The zero-order valence-electron chi connectivity index (χ0n) is 18.4. The summed E-state index contributed by atoms with van der Waals surface area (Å²) in [6.07, 6.45) is 4.36. The average Bonchev–Trinajstić information content (AvgIpc) is 3.10. The van der Waals surface area contributed by atoms with Crippen LogP contribution >= 0.6 is 0 Å². The van der Waals surface area contributed by atoms with Crippen molar-refractivity contribution in [3.8, 4) is 0 Å². The molecule has 0 bridgehead atoms. The molecule has 4 aromatic carbocycles. The van der Waals surface area contributed by atoms with Crippen LogP contribution in [0.2, 0.25) is 0 Å². The van der Waals surface area contributed by atoms with Gasteiger partial charge in [-0.15, -0.1) is 0 Å². The molecule has 0 aliphatic rings. The third-order valence-corrected chi connectivity index (χ3v) is 5.90. The van der Waals surface area contributed by atoms with Crippen LogP contribution in [0.4, 0.5) is 17.1 Å². The first-order chi connectivity index (χ1) is 15.7. The molecule has 0 spiro atoms. The highest BCUT2D eigenvalue weighted by Gasteiger charge is 2.16. The fourth-order valence-corrected chi connectivity index (χ4v) is 4.23.